The summed E-state index contributed by atoms with van der Waals surface area (Å²) in [4.78, 5) is 17.8. The van der Waals surface area contributed by atoms with Crippen LogP contribution < -0.4 is 9.11 Å². The van der Waals surface area contributed by atoms with Gasteiger partial charge in [-0.15, -0.1) is 6.42 Å². The molecule has 0 bridgehead atoms. The molecule has 0 aliphatic carbocycles. The summed E-state index contributed by atoms with van der Waals surface area (Å²) >= 11 is 4.81. The van der Waals surface area contributed by atoms with Gasteiger partial charge >= 0.3 is 0 Å². The van der Waals surface area contributed by atoms with Crippen LogP contribution in [0, 0.1) is 12.3 Å². The number of hydrogen-bond donors (Lipinski definition) is 0. The number of anilines is 1. The zero-order chi connectivity index (χ0) is 24.3. The molecule has 9 heteroatoms. The smallest absolute Gasteiger partial charge is 0.279 e. The fourth-order valence-electron chi connectivity index (χ4n) is 3.51. The number of thiazole rings is 1. The topological polar surface area (TPSA) is 71.7 Å². The molecular weight excluding hydrogens is 534 g/mol. The van der Waals surface area contributed by atoms with Crippen LogP contribution in [0.3, 0.4) is 0 Å². The molecule has 1 aromatic heterocycles. The molecule has 4 aromatic rings. The Morgan fingerprint density at radius 3 is 2.47 bits per heavy atom. The summed E-state index contributed by atoms with van der Waals surface area (Å²) in [6, 6.07) is 20.5. The highest BCUT2D eigenvalue weighted by atomic mass is 79.9. The molecule has 4 rings (SSSR count). The Morgan fingerprint density at radius 1 is 1.12 bits per heavy atom. The quantitative estimate of drug-likeness (QED) is 0.313. The van der Waals surface area contributed by atoms with Crippen molar-refractivity contribution in [1.29, 1.82) is 0 Å². The van der Waals surface area contributed by atoms with Gasteiger partial charge in [-0.1, -0.05) is 51.4 Å². The zero-order valence-electron chi connectivity index (χ0n) is 18.2. The fraction of sp³-hybridized carbons (Fsp3) is 0.120. The summed E-state index contributed by atoms with van der Waals surface area (Å²) in [7, 11) is -3.78. The maximum Gasteiger partial charge on any atom is 0.279 e. The van der Waals surface area contributed by atoms with Gasteiger partial charge in [0.15, 0.2) is 4.80 Å². The third kappa shape index (κ3) is 4.71. The highest BCUT2D eigenvalue weighted by molar-refractivity contribution is 9.10. The summed E-state index contributed by atoms with van der Waals surface area (Å²) in [6.45, 7) is 2.33. The van der Waals surface area contributed by atoms with E-state index in [0.29, 0.717) is 10.5 Å². The Balaban J connectivity index is 1.68. The molecule has 1 heterocycles. The first-order valence-corrected chi connectivity index (χ1v) is 13.4. The Labute approximate surface area is 210 Å². The second-order valence-corrected chi connectivity index (χ2v) is 11.0. The first-order valence-electron chi connectivity index (χ1n) is 10.3. The average molecular weight is 554 g/mol. The number of carbonyl (C=O) groups is 1. The van der Waals surface area contributed by atoms with Gasteiger partial charge in [-0.2, -0.15) is 4.99 Å². The van der Waals surface area contributed by atoms with E-state index in [9.17, 15) is 13.2 Å². The minimum atomic E-state index is -3.78. The summed E-state index contributed by atoms with van der Waals surface area (Å²) in [5.74, 6) is 2.12. The summed E-state index contributed by atoms with van der Waals surface area (Å²) in [5, 5.41) is 0. The second kappa shape index (κ2) is 9.97. The molecule has 172 valence electrons. The Morgan fingerprint density at radius 2 is 1.82 bits per heavy atom. The van der Waals surface area contributed by atoms with E-state index in [2.05, 4.69) is 26.8 Å². The molecule has 6 nitrogen and oxygen atoms in total. The van der Waals surface area contributed by atoms with Crippen molar-refractivity contribution < 1.29 is 13.2 Å². The van der Waals surface area contributed by atoms with Gasteiger partial charge in [0.1, 0.15) is 0 Å². The number of hydrogen-bond acceptors (Lipinski definition) is 4. The van der Waals surface area contributed by atoms with E-state index in [0.717, 1.165) is 14.7 Å². The number of nitrogens with zero attached hydrogens (tertiary/aromatic N) is 3. The van der Waals surface area contributed by atoms with E-state index >= 15 is 0 Å². The van der Waals surface area contributed by atoms with Gasteiger partial charge in [0.05, 0.1) is 27.3 Å². The fourth-order valence-corrected chi connectivity index (χ4v) is 6.56. The van der Waals surface area contributed by atoms with E-state index in [4.69, 9.17) is 6.42 Å². The van der Waals surface area contributed by atoms with Crippen LogP contribution in [0.4, 0.5) is 5.69 Å². The zero-order valence-corrected chi connectivity index (χ0v) is 21.4. The molecule has 0 saturated carbocycles. The van der Waals surface area contributed by atoms with E-state index < -0.39 is 15.9 Å². The van der Waals surface area contributed by atoms with Crippen LogP contribution in [-0.4, -0.2) is 25.4 Å². The predicted molar refractivity (Wildman–Crippen MR) is 139 cm³/mol. The van der Waals surface area contributed by atoms with Gasteiger partial charge in [0.25, 0.3) is 15.9 Å². The molecule has 3 aromatic carbocycles. The highest BCUT2D eigenvalue weighted by Gasteiger charge is 2.23. The van der Waals surface area contributed by atoms with Gasteiger partial charge in [0.2, 0.25) is 0 Å². The molecule has 0 saturated heterocycles. The van der Waals surface area contributed by atoms with Crippen LogP contribution in [0.25, 0.3) is 10.2 Å². The molecule has 0 atom stereocenters. The molecule has 0 aliphatic rings. The van der Waals surface area contributed by atoms with Crippen molar-refractivity contribution in [3.05, 3.63) is 87.6 Å². The Bertz CT molecular complexity index is 1570. The van der Waals surface area contributed by atoms with Crippen molar-refractivity contribution in [2.75, 3.05) is 10.8 Å². The lowest BCUT2D eigenvalue weighted by Crippen LogP contribution is -2.30. The number of sulfonamides is 1. The number of rotatable bonds is 6. The van der Waals surface area contributed by atoms with E-state index in [-0.39, 0.29) is 23.5 Å². The van der Waals surface area contributed by atoms with Crippen molar-refractivity contribution in [2.45, 2.75) is 18.4 Å². The predicted octanol–water partition coefficient (Wildman–Crippen LogP) is 5.05. The first-order chi connectivity index (χ1) is 16.3. The van der Waals surface area contributed by atoms with Crippen LogP contribution in [0.5, 0.6) is 0 Å². The van der Waals surface area contributed by atoms with Crippen molar-refractivity contribution in [1.82, 2.24) is 4.57 Å². The minimum Gasteiger partial charge on any atom is -0.305 e. The monoisotopic (exact) mass is 553 g/mol. The molecule has 1 amide bonds. The number of carbonyl (C=O) groups excluding carboxylic acids is 1. The number of amides is 1. The Hall–Kier alpha value is -3.19. The van der Waals surface area contributed by atoms with Crippen LogP contribution in [0.2, 0.25) is 0 Å². The van der Waals surface area contributed by atoms with Crippen molar-refractivity contribution in [3.8, 4) is 12.3 Å². The summed E-state index contributed by atoms with van der Waals surface area (Å²) in [6.07, 6.45) is 5.52. The van der Waals surface area contributed by atoms with Crippen LogP contribution in [0.15, 0.2) is 87.2 Å². The molecule has 0 fully saturated rings. The lowest BCUT2D eigenvalue weighted by Gasteiger charge is -2.22. The third-order valence-electron chi connectivity index (χ3n) is 5.11. The van der Waals surface area contributed by atoms with Crippen molar-refractivity contribution >= 4 is 59.1 Å². The highest BCUT2D eigenvalue weighted by Crippen LogP contribution is 2.24. The standard InChI is InChI=1S/C25H20BrN3O3S2/c1-3-16-28-22-15-12-19(26)17-23(22)33-25(28)27-24(30)18-10-13-21(14-11-18)34(31,32)29(4-2)20-8-6-5-7-9-20/h1,5-15,17H,4,16H2,2H3. The van der Waals surface area contributed by atoms with Gasteiger partial charge in [-0.05, 0) is 61.5 Å². The molecule has 34 heavy (non-hydrogen) atoms. The van der Waals surface area contributed by atoms with Gasteiger partial charge < -0.3 is 4.57 Å². The average Bonchev–Trinajstić information content (AvgIpc) is 3.16. The Kier molecular flexibility index (Phi) is 7.03. The lowest BCUT2D eigenvalue weighted by atomic mass is 10.2. The summed E-state index contributed by atoms with van der Waals surface area (Å²) in [5.41, 5.74) is 1.75. The van der Waals surface area contributed by atoms with Crippen LogP contribution >= 0.6 is 27.3 Å². The maximum absolute atomic E-state index is 13.2. The number of halogens is 1. The van der Waals surface area contributed by atoms with Crippen molar-refractivity contribution in [2.24, 2.45) is 4.99 Å². The SMILES string of the molecule is C#CCn1c(=NC(=O)c2ccc(S(=O)(=O)N(CC)c3ccccc3)cc2)sc2cc(Br)ccc21. The first kappa shape index (κ1) is 24.0. The van der Waals surface area contributed by atoms with E-state index in [1.165, 1.54) is 39.9 Å². The van der Waals surface area contributed by atoms with Crippen LogP contribution in [-0.2, 0) is 16.6 Å². The molecule has 0 aliphatic heterocycles. The van der Waals surface area contributed by atoms with E-state index in [1.807, 2.05) is 28.8 Å². The second-order valence-electron chi connectivity index (χ2n) is 7.23. The van der Waals surface area contributed by atoms with Gasteiger partial charge in [0, 0.05) is 16.6 Å². The van der Waals surface area contributed by atoms with Gasteiger partial charge in [-0.25, -0.2) is 8.42 Å². The van der Waals surface area contributed by atoms with E-state index in [1.54, 1.807) is 31.2 Å². The molecule has 0 N–H and O–H groups in total. The number of fused-ring (bicyclic) bond motifs is 1. The van der Waals surface area contributed by atoms with Gasteiger partial charge in [-0.3, -0.25) is 9.10 Å². The van der Waals surface area contributed by atoms with Crippen LogP contribution in [0.1, 0.15) is 17.3 Å². The number of aromatic nitrogens is 1. The lowest BCUT2D eigenvalue weighted by molar-refractivity contribution is 0.0998. The number of para-hydroxylation sites is 1. The van der Waals surface area contributed by atoms with Crippen molar-refractivity contribution in [3.63, 3.8) is 0 Å². The largest absolute Gasteiger partial charge is 0.305 e. The molecular formula is C25H20BrN3O3S2. The molecule has 0 spiro atoms. The third-order valence-corrected chi connectivity index (χ3v) is 8.56. The number of terminal acetylenes is 1. The summed E-state index contributed by atoms with van der Waals surface area (Å²) < 4.78 is 31.3. The maximum atomic E-state index is 13.2. The normalized spacial score (nSPS) is 12.0. The minimum absolute atomic E-state index is 0.101. The number of benzene rings is 3. The molecule has 0 unspecified atom stereocenters. The molecule has 0 radical (unpaired) electrons.